The lowest BCUT2D eigenvalue weighted by Crippen LogP contribution is -2.49. The number of aryl methyl sites for hydroxylation is 1. The average Bonchev–Trinajstić information content (AvgIpc) is 2.67. The highest BCUT2D eigenvalue weighted by molar-refractivity contribution is 5.77. The zero-order chi connectivity index (χ0) is 17.6. The molecule has 25 heavy (non-hydrogen) atoms. The van der Waals surface area contributed by atoms with Crippen LogP contribution in [0.1, 0.15) is 24.8 Å². The molecule has 1 aliphatic heterocycles. The lowest BCUT2D eigenvalue weighted by Gasteiger charge is -2.38. The fraction of sp³-hybridized carbons (Fsp3) is 0.421. The van der Waals surface area contributed by atoms with Crippen LogP contribution >= 0.6 is 0 Å². The van der Waals surface area contributed by atoms with E-state index in [0.717, 1.165) is 43.0 Å². The van der Waals surface area contributed by atoms with Crippen LogP contribution < -0.4 is 10.6 Å². The van der Waals surface area contributed by atoms with Gasteiger partial charge in [0, 0.05) is 44.5 Å². The first-order valence-corrected chi connectivity index (χ1v) is 8.77. The van der Waals surface area contributed by atoms with Crippen LogP contribution in [0.5, 0.6) is 0 Å². The maximum absolute atomic E-state index is 12.6. The molecule has 0 radical (unpaired) electrons. The molecule has 132 valence electrons. The number of carbonyl (C=O) groups excluding carboxylic acids is 1. The highest BCUT2D eigenvalue weighted by Crippen LogP contribution is 2.21. The zero-order valence-electron chi connectivity index (χ0n) is 14.6. The second-order valence-corrected chi connectivity index (χ2v) is 6.53. The second kappa shape index (κ2) is 7.96. The van der Waals surface area contributed by atoms with Gasteiger partial charge in [-0.1, -0.05) is 18.2 Å². The van der Waals surface area contributed by atoms with E-state index in [9.17, 15) is 4.79 Å². The number of para-hydroxylation sites is 1. The first-order valence-electron chi connectivity index (χ1n) is 8.77. The van der Waals surface area contributed by atoms with Crippen molar-refractivity contribution >= 4 is 17.4 Å². The molecule has 0 aliphatic carbocycles. The number of piperidine rings is 1. The van der Waals surface area contributed by atoms with Gasteiger partial charge in [-0.05, 0) is 43.0 Å². The van der Waals surface area contributed by atoms with Crippen molar-refractivity contribution in [2.75, 3.05) is 30.8 Å². The fourth-order valence-corrected chi connectivity index (χ4v) is 3.32. The molecule has 1 atom stereocenters. The maximum Gasteiger partial charge on any atom is 0.222 e. The minimum atomic E-state index is 0.161. The predicted octanol–water partition coefficient (Wildman–Crippen LogP) is 2.12. The Morgan fingerprint density at radius 1 is 1.32 bits per heavy atom. The van der Waals surface area contributed by atoms with E-state index in [0.29, 0.717) is 12.8 Å². The Kier molecular flexibility index (Phi) is 5.48. The van der Waals surface area contributed by atoms with E-state index in [1.165, 1.54) is 0 Å². The largest absolute Gasteiger partial charge is 0.399 e. The summed E-state index contributed by atoms with van der Waals surface area (Å²) in [4.78, 5) is 16.7. The van der Waals surface area contributed by atoms with Gasteiger partial charge in [-0.3, -0.25) is 4.79 Å². The van der Waals surface area contributed by atoms with Gasteiger partial charge in [0.25, 0.3) is 0 Å². The number of carbonyl (C=O) groups is 1. The molecule has 1 amide bonds. The lowest BCUT2D eigenvalue weighted by atomic mass is 10.0. The van der Waals surface area contributed by atoms with Gasteiger partial charge in [0.1, 0.15) is 0 Å². The number of rotatable bonds is 5. The number of amides is 1. The van der Waals surface area contributed by atoms with Crippen molar-refractivity contribution < 1.29 is 4.79 Å². The SMILES string of the molecule is CN(C(=O)CCc1ccccc1N)C1CCCN(c2cccnn2)C1. The van der Waals surface area contributed by atoms with E-state index < -0.39 is 0 Å². The van der Waals surface area contributed by atoms with E-state index in [2.05, 4.69) is 15.1 Å². The standard InChI is InChI=1S/C19H25N5O/c1-23(19(25)11-10-15-6-2-3-8-17(15)20)16-7-5-13-24(14-16)18-9-4-12-21-22-18/h2-4,6,8-9,12,16H,5,7,10-11,13-14,20H2,1H3. The maximum atomic E-state index is 12.6. The van der Waals surface area contributed by atoms with Crippen LogP contribution in [-0.4, -0.2) is 47.2 Å². The molecule has 0 spiro atoms. The van der Waals surface area contributed by atoms with Gasteiger partial charge in [-0.25, -0.2) is 0 Å². The summed E-state index contributed by atoms with van der Waals surface area (Å²) in [7, 11) is 1.90. The first kappa shape index (κ1) is 17.2. The fourth-order valence-electron chi connectivity index (χ4n) is 3.32. The Bertz CT molecular complexity index is 706. The number of benzene rings is 1. The van der Waals surface area contributed by atoms with Crippen LogP contribution in [0.15, 0.2) is 42.6 Å². The number of likely N-dealkylation sites (N-methyl/N-ethyl adjacent to an activating group) is 1. The molecule has 1 fully saturated rings. The molecule has 1 saturated heterocycles. The molecule has 1 aliphatic rings. The Hall–Kier alpha value is -2.63. The van der Waals surface area contributed by atoms with Crippen LogP contribution in [0, 0.1) is 0 Å². The van der Waals surface area contributed by atoms with E-state index in [-0.39, 0.29) is 11.9 Å². The summed E-state index contributed by atoms with van der Waals surface area (Å²) in [6, 6.07) is 11.8. The predicted molar refractivity (Wildman–Crippen MR) is 99.2 cm³/mol. The van der Waals surface area contributed by atoms with Gasteiger partial charge in [0.15, 0.2) is 5.82 Å². The Labute approximate surface area is 148 Å². The Morgan fingerprint density at radius 2 is 2.16 bits per heavy atom. The molecule has 1 aromatic carbocycles. The van der Waals surface area contributed by atoms with Gasteiger partial charge in [0.05, 0.1) is 0 Å². The van der Waals surface area contributed by atoms with Crippen molar-refractivity contribution in [3.8, 4) is 0 Å². The highest BCUT2D eigenvalue weighted by atomic mass is 16.2. The van der Waals surface area contributed by atoms with Gasteiger partial charge in [0.2, 0.25) is 5.91 Å². The minimum Gasteiger partial charge on any atom is -0.399 e. The summed E-state index contributed by atoms with van der Waals surface area (Å²) < 4.78 is 0. The quantitative estimate of drug-likeness (QED) is 0.845. The topological polar surface area (TPSA) is 75.3 Å². The molecular formula is C19H25N5O. The van der Waals surface area contributed by atoms with Gasteiger partial charge in [-0.2, -0.15) is 5.10 Å². The molecule has 1 aromatic heterocycles. The number of aromatic nitrogens is 2. The molecule has 3 rings (SSSR count). The Morgan fingerprint density at radius 3 is 2.92 bits per heavy atom. The third kappa shape index (κ3) is 4.26. The molecule has 0 saturated carbocycles. The van der Waals surface area contributed by atoms with Crippen molar-refractivity contribution in [3.05, 3.63) is 48.2 Å². The van der Waals surface area contributed by atoms with Gasteiger partial charge < -0.3 is 15.5 Å². The van der Waals surface area contributed by atoms with Gasteiger partial charge >= 0.3 is 0 Å². The number of nitrogens with zero attached hydrogens (tertiary/aromatic N) is 4. The van der Waals surface area contributed by atoms with Crippen LogP contribution in [0.2, 0.25) is 0 Å². The van der Waals surface area contributed by atoms with Crippen LogP contribution in [0.4, 0.5) is 11.5 Å². The van der Waals surface area contributed by atoms with Crippen molar-refractivity contribution in [1.29, 1.82) is 0 Å². The minimum absolute atomic E-state index is 0.161. The molecule has 6 heteroatoms. The second-order valence-electron chi connectivity index (χ2n) is 6.53. The van der Waals surface area contributed by atoms with E-state index in [4.69, 9.17) is 5.73 Å². The third-order valence-corrected chi connectivity index (χ3v) is 4.88. The van der Waals surface area contributed by atoms with E-state index >= 15 is 0 Å². The van der Waals surface area contributed by atoms with Crippen LogP contribution in [0.3, 0.4) is 0 Å². The number of hydrogen-bond donors (Lipinski definition) is 1. The molecule has 2 heterocycles. The molecule has 0 bridgehead atoms. The van der Waals surface area contributed by atoms with Crippen LogP contribution in [-0.2, 0) is 11.2 Å². The summed E-state index contributed by atoms with van der Waals surface area (Å²) in [5.41, 5.74) is 7.75. The number of nitrogens with two attached hydrogens (primary N) is 1. The van der Waals surface area contributed by atoms with E-state index in [1.807, 2.05) is 48.3 Å². The molecule has 2 N–H and O–H groups in total. The number of nitrogen functional groups attached to an aromatic ring is 1. The van der Waals surface area contributed by atoms with Crippen molar-refractivity contribution in [1.82, 2.24) is 15.1 Å². The summed E-state index contributed by atoms with van der Waals surface area (Å²) in [5, 5.41) is 8.14. The molecule has 1 unspecified atom stereocenters. The third-order valence-electron chi connectivity index (χ3n) is 4.88. The molecular weight excluding hydrogens is 314 g/mol. The number of anilines is 2. The molecule has 2 aromatic rings. The van der Waals surface area contributed by atoms with Crippen molar-refractivity contribution in [2.45, 2.75) is 31.7 Å². The van der Waals surface area contributed by atoms with Crippen molar-refractivity contribution in [2.24, 2.45) is 0 Å². The summed E-state index contributed by atoms with van der Waals surface area (Å²) in [6.45, 7) is 1.76. The Balaban J connectivity index is 1.57. The smallest absolute Gasteiger partial charge is 0.222 e. The lowest BCUT2D eigenvalue weighted by molar-refractivity contribution is -0.132. The normalized spacial score (nSPS) is 17.3. The average molecular weight is 339 g/mol. The first-order chi connectivity index (χ1) is 12.1. The summed E-state index contributed by atoms with van der Waals surface area (Å²) >= 11 is 0. The summed E-state index contributed by atoms with van der Waals surface area (Å²) in [6.07, 6.45) is 4.90. The molecule has 6 nitrogen and oxygen atoms in total. The van der Waals surface area contributed by atoms with E-state index in [1.54, 1.807) is 6.20 Å². The number of hydrogen-bond acceptors (Lipinski definition) is 5. The van der Waals surface area contributed by atoms with Gasteiger partial charge in [-0.15, -0.1) is 5.10 Å². The summed E-state index contributed by atoms with van der Waals surface area (Å²) in [5.74, 6) is 1.04. The monoisotopic (exact) mass is 339 g/mol. The van der Waals surface area contributed by atoms with Crippen molar-refractivity contribution in [3.63, 3.8) is 0 Å². The van der Waals surface area contributed by atoms with Crippen LogP contribution in [0.25, 0.3) is 0 Å². The highest BCUT2D eigenvalue weighted by Gasteiger charge is 2.26. The zero-order valence-corrected chi connectivity index (χ0v) is 14.6.